The third-order valence-corrected chi connectivity index (χ3v) is 3.87. The average Bonchev–Trinajstić information content (AvgIpc) is 2.93. The highest BCUT2D eigenvalue weighted by atomic mass is 79.9. The largest absolute Gasteiger partial charge is 0.346 e. The van der Waals surface area contributed by atoms with Gasteiger partial charge in [-0.3, -0.25) is 4.79 Å². The zero-order chi connectivity index (χ0) is 15.7. The van der Waals surface area contributed by atoms with Crippen LogP contribution in [0.25, 0.3) is 5.65 Å². The third kappa shape index (κ3) is 2.87. The summed E-state index contributed by atoms with van der Waals surface area (Å²) in [4.78, 5) is 16.4. The lowest BCUT2D eigenvalue weighted by Crippen LogP contribution is -2.23. The molecule has 0 saturated carbocycles. The number of amides is 1. The normalized spacial score (nSPS) is 10.9. The van der Waals surface area contributed by atoms with E-state index in [4.69, 9.17) is 0 Å². The molecular formula is C16H13BrFN3O. The van der Waals surface area contributed by atoms with Crippen LogP contribution in [0.3, 0.4) is 0 Å². The van der Waals surface area contributed by atoms with Gasteiger partial charge in [0.25, 0.3) is 5.91 Å². The summed E-state index contributed by atoms with van der Waals surface area (Å²) in [5.74, 6) is -0.683. The molecule has 112 valence electrons. The summed E-state index contributed by atoms with van der Waals surface area (Å²) in [6.45, 7) is 2.05. The maximum atomic E-state index is 13.7. The topological polar surface area (TPSA) is 46.4 Å². The molecule has 6 heteroatoms. The molecular weight excluding hydrogens is 349 g/mol. The van der Waals surface area contributed by atoms with Crippen LogP contribution in [-0.2, 0) is 6.54 Å². The summed E-state index contributed by atoms with van der Waals surface area (Å²) in [5.41, 5.74) is 2.42. The number of aromatic nitrogens is 2. The lowest BCUT2D eigenvalue weighted by atomic mass is 10.2. The van der Waals surface area contributed by atoms with Gasteiger partial charge < -0.3 is 9.72 Å². The van der Waals surface area contributed by atoms with Gasteiger partial charge >= 0.3 is 0 Å². The molecule has 0 atom stereocenters. The second-order valence-corrected chi connectivity index (χ2v) is 5.86. The summed E-state index contributed by atoms with van der Waals surface area (Å²) in [5, 5.41) is 2.69. The molecule has 22 heavy (non-hydrogen) atoms. The van der Waals surface area contributed by atoms with E-state index in [2.05, 4.69) is 26.2 Å². The highest BCUT2D eigenvalue weighted by molar-refractivity contribution is 9.10. The first-order valence-corrected chi connectivity index (χ1v) is 7.51. The van der Waals surface area contributed by atoms with Crippen LogP contribution in [0, 0.1) is 12.7 Å². The van der Waals surface area contributed by atoms with Gasteiger partial charge in [-0.25, -0.2) is 9.37 Å². The van der Waals surface area contributed by atoms with Crippen LogP contribution < -0.4 is 5.32 Å². The number of nitrogens with zero attached hydrogens (tertiary/aromatic N) is 2. The molecule has 0 unspecified atom stereocenters. The average molecular weight is 362 g/mol. The second-order valence-electron chi connectivity index (χ2n) is 4.94. The van der Waals surface area contributed by atoms with Crippen LogP contribution in [0.4, 0.5) is 4.39 Å². The summed E-state index contributed by atoms with van der Waals surface area (Å²) in [7, 11) is 0. The number of hydrogen-bond donors (Lipinski definition) is 1. The van der Waals surface area contributed by atoms with Crippen molar-refractivity contribution in [1.29, 1.82) is 0 Å². The SMILES string of the molecule is Cc1cccc2nc(C(=O)NCc3cc(Br)ccc3F)cn12. The Balaban J connectivity index is 1.78. The van der Waals surface area contributed by atoms with Crippen LogP contribution in [0.15, 0.2) is 47.1 Å². The molecule has 1 amide bonds. The van der Waals surface area contributed by atoms with Crippen molar-refractivity contribution in [2.75, 3.05) is 0 Å². The molecule has 3 aromatic rings. The van der Waals surface area contributed by atoms with Crippen molar-refractivity contribution in [3.63, 3.8) is 0 Å². The Morgan fingerprint density at radius 3 is 2.95 bits per heavy atom. The molecule has 0 aliphatic heterocycles. The molecule has 0 saturated heterocycles. The Kier molecular flexibility index (Phi) is 3.94. The number of nitrogens with one attached hydrogen (secondary N) is 1. The number of aryl methyl sites for hydroxylation is 1. The Labute approximate surface area is 135 Å². The molecule has 0 aliphatic rings. The van der Waals surface area contributed by atoms with Gasteiger partial charge in [-0.1, -0.05) is 22.0 Å². The predicted molar refractivity (Wildman–Crippen MR) is 85.2 cm³/mol. The minimum atomic E-state index is -0.352. The molecule has 0 spiro atoms. The second kappa shape index (κ2) is 5.88. The minimum absolute atomic E-state index is 0.108. The Morgan fingerprint density at radius 2 is 2.18 bits per heavy atom. The van der Waals surface area contributed by atoms with Gasteiger partial charge in [0.15, 0.2) is 0 Å². The standard InChI is InChI=1S/C16H13BrFN3O/c1-10-3-2-4-15-20-14(9-21(10)15)16(22)19-8-11-7-12(17)5-6-13(11)18/h2-7,9H,8H2,1H3,(H,19,22). The Hall–Kier alpha value is -2.21. The van der Waals surface area contributed by atoms with Crippen molar-refractivity contribution in [2.45, 2.75) is 13.5 Å². The van der Waals surface area contributed by atoms with E-state index in [9.17, 15) is 9.18 Å². The number of carbonyl (C=O) groups excluding carboxylic acids is 1. The molecule has 2 heterocycles. The van der Waals surface area contributed by atoms with Crippen molar-refractivity contribution >= 4 is 27.5 Å². The molecule has 2 aromatic heterocycles. The number of pyridine rings is 1. The molecule has 0 fully saturated rings. The highest BCUT2D eigenvalue weighted by Gasteiger charge is 2.12. The summed E-state index contributed by atoms with van der Waals surface area (Å²) < 4.78 is 16.3. The maximum Gasteiger partial charge on any atom is 0.271 e. The highest BCUT2D eigenvalue weighted by Crippen LogP contribution is 2.15. The number of hydrogen-bond acceptors (Lipinski definition) is 2. The monoisotopic (exact) mass is 361 g/mol. The molecule has 0 aliphatic carbocycles. The lowest BCUT2D eigenvalue weighted by Gasteiger charge is -2.05. The molecule has 4 nitrogen and oxygen atoms in total. The quantitative estimate of drug-likeness (QED) is 0.776. The summed E-state index contributed by atoms with van der Waals surface area (Å²) in [6, 6.07) is 10.3. The first-order chi connectivity index (χ1) is 10.5. The number of fused-ring (bicyclic) bond motifs is 1. The van der Waals surface area contributed by atoms with Crippen molar-refractivity contribution in [1.82, 2.24) is 14.7 Å². The summed E-state index contributed by atoms with van der Waals surface area (Å²) in [6.07, 6.45) is 1.68. The zero-order valence-electron chi connectivity index (χ0n) is 11.8. The van der Waals surface area contributed by atoms with Crippen LogP contribution in [0.2, 0.25) is 0 Å². The molecule has 1 aromatic carbocycles. The number of carbonyl (C=O) groups is 1. The Morgan fingerprint density at radius 1 is 1.36 bits per heavy atom. The molecule has 3 rings (SSSR count). The van der Waals surface area contributed by atoms with Crippen molar-refractivity contribution < 1.29 is 9.18 Å². The van der Waals surface area contributed by atoms with Gasteiger partial charge in [-0.15, -0.1) is 0 Å². The van der Waals surface area contributed by atoms with E-state index in [1.165, 1.54) is 6.07 Å². The van der Waals surface area contributed by atoms with E-state index in [1.807, 2.05) is 29.5 Å². The fourth-order valence-electron chi connectivity index (χ4n) is 2.20. The van der Waals surface area contributed by atoms with Gasteiger partial charge in [0, 0.05) is 28.5 Å². The van der Waals surface area contributed by atoms with Crippen LogP contribution in [-0.4, -0.2) is 15.3 Å². The first kappa shape index (κ1) is 14.7. The fourth-order valence-corrected chi connectivity index (χ4v) is 2.61. The van der Waals surface area contributed by atoms with E-state index < -0.39 is 0 Å². The van der Waals surface area contributed by atoms with Gasteiger partial charge in [-0.2, -0.15) is 0 Å². The number of rotatable bonds is 3. The number of halogens is 2. The van der Waals surface area contributed by atoms with Crippen LogP contribution in [0.1, 0.15) is 21.7 Å². The van der Waals surface area contributed by atoms with Crippen LogP contribution >= 0.6 is 15.9 Å². The smallest absolute Gasteiger partial charge is 0.271 e. The molecule has 0 bridgehead atoms. The van der Waals surface area contributed by atoms with E-state index in [-0.39, 0.29) is 18.3 Å². The van der Waals surface area contributed by atoms with E-state index in [0.717, 1.165) is 10.2 Å². The van der Waals surface area contributed by atoms with Crippen LogP contribution in [0.5, 0.6) is 0 Å². The fraction of sp³-hybridized carbons (Fsp3) is 0.125. The van der Waals surface area contributed by atoms with E-state index >= 15 is 0 Å². The molecule has 0 radical (unpaired) electrons. The van der Waals surface area contributed by atoms with Gasteiger partial charge in [0.2, 0.25) is 0 Å². The predicted octanol–water partition coefficient (Wildman–Crippen LogP) is 3.47. The first-order valence-electron chi connectivity index (χ1n) is 6.71. The molecule has 1 N–H and O–H groups in total. The minimum Gasteiger partial charge on any atom is -0.346 e. The zero-order valence-corrected chi connectivity index (χ0v) is 13.4. The lowest BCUT2D eigenvalue weighted by molar-refractivity contribution is 0.0946. The van der Waals surface area contributed by atoms with Crippen molar-refractivity contribution in [3.8, 4) is 0 Å². The number of benzene rings is 1. The van der Waals surface area contributed by atoms with Crippen molar-refractivity contribution in [3.05, 3.63) is 69.8 Å². The van der Waals surface area contributed by atoms with Crippen molar-refractivity contribution in [2.24, 2.45) is 0 Å². The number of imidazole rings is 1. The van der Waals surface area contributed by atoms with Gasteiger partial charge in [-0.05, 0) is 37.3 Å². The summed E-state index contributed by atoms with van der Waals surface area (Å²) >= 11 is 3.28. The third-order valence-electron chi connectivity index (χ3n) is 3.38. The van der Waals surface area contributed by atoms with E-state index in [1.54, 1.807) is 18.3 Å². The Bertz CT molecular complexity index is 860. The maximum absolute atomic E-state index is 13.7. The van der Waals surface area contributed by atoms with E-state index in [0.29, 0.717) is 16.9 Å². The van der Waals surface area contributed by atoms with Gasteiger partial charge in [0.05, 0.1) is 0 Å². The van der Waals surface area contributed by atoms with Gasteiger partial charge in [0.1, 0.15) is 17.2 Å².